The van der Waals surface area contributed by atoms with Crippen LogP contribution in [0.3, 0.4) is 0 Å². The van der Waals surface area contributed by atoms with Crippen molar-refractivity contribution in [2.24, 2.45) is 0 Å². The van der Waals surface area contributed by atoms with Crippen LogP contribution in [0.5, 0.6) is 0 Å². The van der Waals surface area contributed by atoms with E-state index < -0.39 is 0 Å². The number of amides is 1. The Labute approximate surface area is 136 Å². The van der Waals surface area contributed by atoms with E-state index in [-0.39, 0.29) is 12.0 Å². The molecule has 3 rings (SSSR count). The summed E-state index contributed by atoms with van der Waals surface area (Å²) in [6.45, 7) is 5.54. The third-order valence-electron chi connectivity index (χ3n) is 4.43. The van der Waals surface area contributed by atoms with E-state index in [4.69, 9.17) is 4.74 Å². The summed E-state index contributed by atoms with van der Waals surface area (Å²) in [6.07, 6.45) is 5.65. The van der Waals surface area contributed by atoms with Gasteiger partial charge in [0.1, 0.15) is 0 Å². The molecular formula is C19H22N2O2. The first-order valence-electron chi connectivity index (χ1n) is 8.06. The molecule has 1 N–H and O–H groups in total. The van der Waals surface area contributed by atoms with E-state index in [0.29, 0.717) is 12.1 Å². The summed E-state index contributed by atoms with van der Waals surface area (Å²) in [7, 11) is 0. The van der Waals surface area contributed by atoms with Crippen molar-refractivity contribution >= 4 is 5.91 Å². The summed E-state index contributed by atoms with van der Waals surface area (Å²) in [5.41, 5.74) is 5.12. The second kappa shape index (κ2) is 6.92. The SMILES string of the molecule is Cc1cccc(-c2cncc(C(=O)NCC3CCCO3)c2)c1C. The number of carbonyl (C=O) groups is 1. The van der Waals surface area contributed by atoms with E-state index in [1.54, 1.807) is 12.4 Å². The first kappa shape index (κ1) is 15.7. The van der Waals surface area contributed by atoms with Gasteiger partial charge in [0.05, 0.1) is 11.7 Å². The average Bonchev–Trinajstić information content (AvgIpc) is 3.09. The molecule has 2 heterocycles. The van der Waals surface area contributed by atoms with Gasteiger partial charge in [0.2, 0.25) is 0 Å². The predicted molar refractivity (Wildman–Crippen MR) is 90.5 cm³/mol. The maximum atomic E-state index is 12.3. The van der Waals surface area contributed by atoms with Crippen LogP contribution < -0.4 is 5.32 Å². The van der Waals surface area contributed by atoms with Gasteiger partial charge in [-0.15, -0.1) is 0 Å². The van der Waals surface area contributed by atoms with Gasteiger partial charge in [0.15, 0.2) is 0 Å². The normalized spacial score (nSPS) is 17.2. The van der Waals surface area contributed by atoms with E-state index in [1.807, 2.05) is 12.1 Å². The number of benzene rings is 1. The molecule has 0 bridgehead atoms. The molecule has 1 saturated heterocycles. The second-order valence-electron chi connectivity index (χ2n) is 6.05. The van der Waals surface area contributed by atoms with Gasteiger partial charge in [-0.2, -0.15) is 0 Å². The maximum absolute atomic E-state index is 12.3. The van der Waals surface area contributed by atoms with E-state index >= 15 is 0 Å². The Hall–Kier alpha value is -2.20. The fourth-order valence-corrected chi connectivity index (χ4v) is 2.89. The van der Waals surface area contributed by atoms with Gasteiger partial charge in [-0.1, -0.05) is 18.2 Å². The molecule has 0 aliphatic carbocycles. The summed E-state index contributed by atoms with van der Waals surface area (Å²) in [5.74, 6) is -0.0971. The monoisotopic (exact) mass is 310 g/mol. The maximum Gasteiger partial charge on any atom is 0.252 e. The van der Waals surface area contributed by atoms with Crippen molar-refractivity contribution < 1.29 is 9.53 Å². The third-order valence-corrected chi connectivity index (χ3v) is 4.43. The molecule has 1 aromatic carbocycles. The van der Waals surface area contributed by atoms with E-state index in [9.17, 15) is 4.79 Å². The molecule has 1 aromatic heterocycles. The van der Waals surface area contributed by atoms with Crippen LogP contribution in [0.15, 0.2) is 36.7 Å². The molecule has 1 unspecified atom stereocenters. The fraction of sp³-hybridized carbons (Fsp3) is 0.368. The number of nitrogens with one attached hydrogen (secondary N) is 1. The van der Waals surface area contributed by atoms with E-state index in [2.05, 4.69) is 36.3 Å². The minimum Gasteiger partial charge on any atom is -0.376 e. The lowest BCUT2D eigenvalue weighted by Crippen LogP contribution is -2.31. The summed E-state index contributed by atoms with van der Waals surface area (Å²) in [6, 6.07) is 8.08. The van der Waals surface area contributed by atoms with Crippen molar-refractivity contribution in [2.75, 3.05) is 13.2 Å². The molecule has 1 atom stereocenters. The second-order valence-corrected chi connectivity index (χ2v) is 6.05. The topological polar surface area (TPSA) is 51.2 Å². The van der Waals surface area contributed by atoms with Crippen LogP contribution in [0.1, 0.15) is 34.3 Å². The lowest BCUT2D eigenvalue weighted by atomic mass is 9.97. The highest BCUT2D eigenvalue weighted by molar-refractivity contribution is 5.95. The molecule has 120 valence electrons. The molecule has 0 saturated carbocycles. The van der Waals surface area contributed by atoms with Crippen molar-refractivity contribution in [3.63, 3.8) is 0 Å². The summed E-state index contributed by atoms with van der Waals surface area (Å²) < 4.78 is 5.53. The molecule has 0 radical (unpaired) electrons. The minimum absolute atomic E-state index is 0.0971. The van der Waals surface area contributed by atoms with Crippen LogP contribution in [-0.4, -0.2) is 30.1 Å². The van der Waals surface area contributed by atoms with Crippen molar-refractivity contribution in [3.8, 4) is 11.1 Å². The number of rotatable bonds is 4. The van der Waals surface area contributed by atoms with Crippen molar-refractivity contribution in [1.29, 1.82) is 0 Å². The first-order chi connectivity index (χ1) is 11.1. The predicted octanol–water partition coefficient (Wildman–Crippen LogP) is 3.27. The van der Waals surface area contributed by atoms with Gasteiger partial charge in [0, 0.05) is 31.1 Å². The molecule has 2 aromatic rings. The van der Waals surface area contributed by atoms with Gasteiger partial charge < -0.3 is 10.1 Å². The number of hydrogen-bond donors (Lipinski definition) is 1. The Kier molecular flexibility index (Phi) is 4.72. The van der Waals surface area contributed by atoms with Crippen molar-refractivity contribution in [3.05, 3.63) is 53.3 Å². The van der Waals surface area contributed by atoms with E-state index in [0.717, 1.165) is 30.6 Å². The van der Waals surface area contributed by atoms with Crippen LogP contribution in [0.4, 0.5) is 0 Å². The Morgan fingerprint density at radius 3 is 3.00 bits per heavy atom. The number of carbonyl (C=O) groups excluding carboxylic acids is 1. The van der Waals surface area contributed by atoms with Gasteiger partial charge in [0.25, 0.3) is 5.91 Å². The largest absolute Gasteiger partial charge is 0.376 e. The van der Waals surface area contributed by atoms with Crippen LogP contribution in [0.25, 0.3) is 11.1 Å². The Morgan fingerprint density at radius 1 is 1.35 bits per heavy atom. The molecule has 0 spiro atoms. The van der Waals surface area contributed by atoms with Crippen LogP contribution >= 0.6 is 0 Å². The minimum atomic E-state index is -0.0971. The number of pyridine rings is 1. The number of hydrogen-bond acceptors (Lipinski definition) is 3. The summed E-state index contributed by atoms with van der Waals surface area (Å²) in [5, 5.41) is 2.94. The Morgan fingerprint density at radius 2 is 2.22 bits per heavy atom. The Balaban J connectivity index is 1.76. The molecular weight excluding hydrogens is 288 g/mol. The standard InChI is InChI=1S/C19H22N2O2/c1-13-5-3-7-18(14(13)2)15-9-16(11-20-10-15)19(22)21-12-17-6-4-8-23-17/h3,5,7,9-11,17H,4,6,8,12H2,1-2H3,(H,21,22). The Bertz CT molecular complexity index is 706. The van der Waals surface area contributed by atoms with Gasteiger partial charge >= 0.3 is 0 Å². The molecule has 1 fully saturated rings. The highest BCUT2D eigenvalue weighted by atomic mass is 16.5. The number of nitrogens with zero attached hydrogens (tertiary/aromatic N) is 1. The molecule has 1 aliphatic heterocycles. The van der Waals surface area contributed by atoms with Crippen molar-refractivity contribution in [1.82, 2.24) is 10.3 Å². The first-order valence-corrected chi connectivity index (χ1v) is 8.06. The van der Waals surface area contributed by atoms with E-state index in [1.165, 1.54) is 11.1 Å². The summed E-state index contributed by atoms with van der Waals surface area (Å²) in [4.78, 5) is 16.6. The lowest BCUT2D eigenvalue weighted by molar-refractivity contribution is 0.0857. The fourth-order valence-electron chi connectivity index (χ4n) is 2.89. The van der Waals surface area contributed by atoms with Crippen molar-refractivity contribution in [2.45, 2.75) is 32.8 Å². The van der Waals surface area contributed by atoms with Gasteiger partial charge in [-0.25, -0.2) is 0 Å². The third kappa shape index (κ3) is 3.59. The van der Waals surface area contributed by atoms with Crippen LogP contribution in [0.2, 0.25) is 0 Å². The zero-order valence-electron chi connectivity index (χ0n) is 13.6. The van der Waals surface area contributed by atoms with Crippen LogP contribution in [0, 0.1) is 13.8 Å². The number of aryl methyl sites for hydroxylation is 1. The zero-order chi connectivity index (χ0) is 16.2. The highest BCUT2D eigenvalue weighted by Crippen LogP contribution is 2.25. The molecule has 4 heteroatoms. The molecule has 1 amide bonds. The van der Waals surface area contributed by atoms with Crippen LogP contribution in [-0.2, 0) is 4.74 Å². The zero-order valence-corrected chi connectivity index (χ0v) is 13.6. The smallest absolute Gasteiger partial charge is 0.252 e. The molecule has 1 aliphatic rings. The average molecular weight is 310 g/mol. The highest BCUT2D eigenvalue weighted by Gasteiger charge is 2.17. The number of aromatic nitrogens is 1. The summed E-state index contributed by atoms with van der Waals surface area (Å²) >= 11 is 0. The lowest BCUT2D eigenvalue weighted by Gasteiger charge is -2.12. The molecule has 23 heavy (non-hydrogen) atoms. The van der Waals surface area contributed by atoms with Gasteiger partial charge in [-0.3, -0.25) is 9.78 Å². The van der Waals surface area contributed by atoms with Gasteiger partial charge in [-0.05, 0) is 49.4 Å². The number of ether oxygens (including phenoxy) is 1. The quantitative estimate of drug-likeness (QED) is 0.943. The molecule has 4 nitrogen and oxygen atoms in total.